The molecule has 2 N–H and O–H groups in total. The Bertz CT molecular complexity index is 410. The van der Waals surface area contributed by atoms with Crippen molar-refractivity contribution in [3.63, 3.8) is 0 Å². The molecular formula is C14H23N3O. The van der Waals surface area contributed by atoms with E-state index in [0.29, 0.717) is 5.82 Å². The molecule has 0 aliphatic heterocycles. The van der Waals surface area contributed by atoms with Gasteiger partial charge < -0.3 is 10.6 Å². The molecule has 1 aromatic rings. The summed E-state index contributed by atoms with van der Waals surface area (Å²) >= 11 is 0. The molecule has 0 fully saturated rings. The minimum atomic E-state index is -0.413. The fourth-order valence-corrected chi connectivity index (χ4v) is 1.28. The molecule has 0 aromatic carbocycles. The van der Waals surface area contributed by atoms with Gasteiger partial charge in [-0.1, -0.05) is 20.8 Å². The first-order valence-corrected chi connectivity index (χ1v) is 6.14. The number of carbonyl (C=O) groups excluding carboxylic acids is 1. The molecule has 0 atom stereocenters. The van der Waals surface area contributed by atoms with Gasteiger partial charge >= 0.3 is 0 Å². The number of hydrogen-bond acceptors (Lipinski definition) is 3. The van der Waals surface area contributed by atoms with E-state index in [4.69, 9.17) is 0 Å². The average Bonchev–Trinajstić information content (AvgIpc) is 2.17. The lowest BCUT2D eigenvalue weighted by atomic mass is 9.96. The van der Waals surface area contributed by atoms with Crippen LogP contribution in [-0.2, 0) is 4.79 Å². The molecule has 100 valence electrons. The molecule has 4 heteroatoms. The summed E-state index contributed by atoms with van der Waals surface area (Å²) in [7, 11) is 0. The highest BCUT2D eigenvalue weighted by Gasteiger charge is 2.21. The van der Waals surface area contributed by atoms with E-state index in [0.717, 1.165) is 5.69 Å². The molecule has 0 aliphatic rings. The van der Waals surface area contributed by atoms with Crippen molar-refractivity contribution in [3.05, 3.63) is 18.3 Å². The average molecular weight is 249 g/mol. The highest BCUT2D eigenvalue weighted by molar-refractivity contribution is 5.93. The maximum absolute atomic E-state index is 11.8. The zero-order valence-electron chi connectivity index (χ0n) is 12.1. The minimum absolute atomic E-state index is 0.00213. The van der Waals surface area contributed by atoms with Gasteiger partial charge in [0.05, 0.1) is 11.9 Å². The molecule has 0 saturated heterocycles. The van der Waals surface area contributed by atoms with Crippen LogP contribution >= 0.6 is 0 Å². The van der Waals surface area contributed by atoms with Crippen molar-refractivity contribution < 1.29 is 4.79 Å². The van der Waals surface area contributed by atoms with Gasteiger partial charge in [0.15, 0.2) is 0 Å². The summed E-state index contributed by atoms with van der Waals surface area (Å²) < 4.78 is 0. The van der Waals surface area contributed by atoms with E-state index in [9.17, 15) is 4.79 Å². The summed E-state index contributed by atoms with van der Waals surface area (Å²) in [6, 6.07) is 3.72. The first kappa shape index (κ1) is 14.5. The van der Waals surface area contributed by atoms with Crippen molar-refractivity contribution in [1.29, 1.82) is 0 Å². The third-order valence-electron chi connectivity index (χ3n) is 2.21. The Morgan fingerprint density at radius 1 is 1.11 bits per heavy atom. The molecule has 1 amide bonds. The van der Waals surface area contributed by atoms with Crippen LogP contribution in [-0.4, -0.2) is 16.4 Å². The second-order valence-corrected chi connectivity index (χ2v) is 6.51. The van der Waals surface area contributed by atoms with E-state index in [-0.39, 0.29) is 11.4 Å². The van der Waals surface area contributed by atoms with Crippen LogP contribution in [0.3, 0.4) is 0 Å². The molecule has 1 heterocycles. The molecular weight excluding hydrogens is 226 g/mol. The molecule has 0 unspecified atom stereocenters. The van der Waals surface area contributed by atoms with Crippen LogP contribution in [0.15, 0.2) is 18.3 Å². The van der Waals surface area contributed by atoms with Gasteiger partial charge in [-0.25, -0.2) is 4.98 Å². The largest absolute Gasteiger partial charge is 0.379 e. The molecule has 0 spiro atoms. The summed E-state index contributed by atoms with van der Waals surface area (Å²) in [4.78, 5) is 16.0. The Balaban J connectivity index is 2.70. The van der Waals surface area contributed by atoms with Crippen LogP contribution in [0.4, 0.5) is 11.5 Å². The monoisotopic (exact) mass is 249 g/mol. The first-order valence-electron chi connectivity index (χ1n) is 6.14. The second kappa shape index (κ2) is 4.96. The zero-order valence-corrected chi connectivity index (χ0v) is 12.1. The molecule has 1 rings (SSSR count). The molecule has 0 radical (unpaired) electrons. The smallest absolute Gasteiger partial charge is 0.230 e. The fourth-order valence-electron chi connectivity index (χ4n) is 1.28. The van der Waals surface area contributed by atoms with Gasteiger partial charge in [0.25, 0.3) is 0 Å². The SMILES string of the molecule is CC(C)(C)Nc1ccc(NC(=O)C(C)(C)C)nc1. The Labute approximate surface area is 109 Å². The number of amides is 1. The van der Waals surface area contributed by atoms with Crippen molar-refractivity contribution in [3.8, 4) is 0 Å². The minimum Gasteiger partial charge on any atom is -0.379 e. The number of aromatic nitrogens is 1. The van der Waals surface area contributed by atoms with Crippen molar-refractivity contribution in [2.24, 2.45) is 5.41 Å². The van der Waals surface area contributed by atoms with Crippen molar-refractivity contribution in [2.75, 3.05) is 10.6 Å². The Kier molecular flexibility index (Phi) is 3.99. The van der Waals surface area contributed by atoms with Gasteiger partial charge in [-0.3, -0.25) is 4.79 Å². The van der Waals surface area contributed by atoms with E-state index in [1.165, 1.54) is 0 Å². The molecule has 0 aliphatic carbocycles. The van der Waals surface area contributed by atoms with Crippen molar-refractivity contribution in [2.45, 2.75) is 47.1 Å². The van der Waals surface area contributed by atoms with Gasteiger partial charge in [0.2, 0.25) is 5.91 Å². The summed E-state index contributed by atoms with van der Waals surface area (Å²) in [6.45, 7) is 11.9. The summed E-state index contributed by atoms with van der Waals surface area (Å²) in [6.07, 6.45) is 1.73. The van der Waals surface area contributed by atoms with Gasteiger partial charge in [-0.15, -0.1) is 0 Å². The predicted molar refractivity (Wildman–Crippen MR) is 75.7 cm³/mol. The fraction of sp³-hybridized carbons (Fsp3) is 0.571. The number of nitrogens with one attached hydrogen (secondary N) is 2. The third-order valence-corrected chi connectivity index (χ3v) is 2.21. The molecule has 4 nitrogen and oxygen atoms in total. The van der Waals surface area contributed by atoms with E-state index >= 15 is 0 Å². The van der Waals surface area contributed by atoms with E-state index in [2.05, 4.69) is 36.4 Å². The Morgan fingerprint density at radius 3 is 2.11 bits per heavy atom. The van der Waals surface area contributed by atoms with E-state index < -0.39 is 5.41 Å². The van der Waals surface area contributed by atoms with Crippen molar-refractivity contribution >= 4 is 17.4 Å². The first-order chi connectivity index (χ1) is 8.08. The number of anilines is 2. The van der Waals surface area contributed by atoms with Crippen molar-refractivity contribution in [1.82, 2.24) is 4.98 Å². The summed E-state index contributed by atoms with van der Waals surface area (Å²) in [5.74, 6) is 0.543. The standard InChI is InChI=1S/C14H23N3O/c1-13(2,3)12(18)16-11-8-7-10(9-15-11)17-14(4,5)6/h7-9,17H,1-6H3,(H,15,16,18). The van der Waals surface area contributed by atoms with Crippen LogP contribution in [0.1, 0.15) is 41.5 Å². The van der Waals surface area contributed by atoms with Gasteiger partial charge in [-0.2, -0.15) is 0 Å². The summed E-state index contributed by atoms with van der Waals surface area (Å²) in [5, 5.41) is 6.11. The molecule has 0 bridgehead atoms. The Morgan fingerprint density at radius 2 is 1.72 bits per heavy atom. The molecule has 1 aromatic heterocycles. The maximum atomic E-state index is 11.8. The molecule has 0 saturated carbocycles. The van der Waals surface area contributed by atoms with Crippen LogP contribution < -0.4 is 10.6 Å². The van der Waals surface area contributed by atoms with Crippen LogP contribution in [0.25, 0.3) is 0 Å². The number of nitrogens with zero attached hydrogens (tertiary/aromatic N) is 1. The van der Waals surface area contributed by atoms with Gasteiger partial charge in [0.1, 0.15) is 5.82 Å². The van der Waals surface area contributed by atoms with E-state index in [1.54, 1.807) is 12.3 Å². The number of rotatable bonds is 2. The van der Waals surface area contributed by atoms with E-state index in [1.807, 2.05) is 26.8 Å². The molecule has 18 heavy (non-hydrogen) atoms. The van der Waals surface area contributed by atoms with Gasteiger partial charge in [0, 0.05) is 11.0 Å². The predicted octanol–water partition coefficient (Wildman–Crippen LogP) is 3.28. The van der Waals surface area contributed by atoms with Crippen LogP contribution in [0.2, 0.25) is 0 Å². The van der Waals surface area contributed by atoms with Crippen LogP contribution in [0.5, 0.6) is 0 Å². The lowest BCUT2D eigenvalue weighted by Gasteiger charge is -2.22. The van der Waals surface area contributed by atoms with Crippen LogP contribution in [0, 0.1) is 5.41 Å². The topological polar surface area (TPSA) is 54.0 Å². The normalized spacial score (nSPS) is 12.1. The zero-order chi connectivity index (χ0) is 14.0. The lowest BCUT2D eigenvalue weighted by Crippen LogP contribution is -2.28. The third kappa shape index (κ3) is 4.73. The van der Waals surface area contributed by atoms with Gasteiger partial charge in [-0.05, 0) is 32.9 Å². The second-order valence-electron chi connectivity index (χ2n) is 6.51. The quantitative estimate of drug-likeness (QED) is 0.845. The highest BCUT2D eigenvalue weighted by Crippen LogP contribution is 2.18. The summed E-state index contributed by atoms with van der Waals surface area (Å²) in [5.41, 5.74) is 0.526. The number of hydrogen-bond donors (Lipinski definition) is 2. The number of pyridine rings is 1. The lowest BCUT2D eigenvalue weighted by molar-refractivity contribution is -0.123. The highest BCUT2D eigenvalue weighted by atomic mass is 16.2. The number of carbonyl (C=O) groups is 1. The Hall–Kier alpha value is -1.58. The maximum Gasteiger partial charge on any atom is 0.230 e.